The molecule has 0 aliphatic heterocycles. The molecule has 0 spiro atoms. The van der Waals surface area contributed by atoms with Crippen LogP contribution in [0.5, 0.6) is 0 Å². The van der Waals surface area contributed by atoms with Gasteiger partial charge in [-0.3, -0.25) is 9.59 Å². The molecule has 4 atom stereocenters. The van der Waals surface area contributed by atoms with Crippen molar-refractivity contribution >= 4 is 29.2 Å². The summed E-state index contributed by atoms with van der Waals surface area (Å²) < 4.78 is 0. The van der Waals surface area contributed by atoms with Crippen molar-refractivity contribution < 1.29 is 19.5 Å². The Morgan fingerprint density at radius 2 is 1.60 bits per heavy atom. The van der Waals surface area contributed by atoms with E-state index in [0.29, 0.717) is 24.2 Å². The maximum Gasteiger partial charge on any atom is 0.258 e. The number of rotatable bonds is 6. The molecular formula is C24H23N2O4-. The van der Waals surface area contributed by atoms with Crippen molar-refractivity contribution in [1.82, 2.24) is 0 Å². The number of hydrogen-bond acceptors (Lipinski definition) is 4. The highest BCUT2D eigenvalue weighted by molar-refractivity contribution is 6.06. The lowest BCUT2D eigenvalue weighted by Gasteiger charge is -2.27. The van der Waals surface area contributed by atoms with Crippen molar-refractivity contribution in [3.8, 4) is 0 Å². The average molecular weight is 403 g/mol. The molecule has 2 aliphatic carbocycles. The third kappa shape index (κ3) is 3.61. The van der Waals surface area contributed by atoms with E-state index in [-0.39, 0.29) is 23.7 Å². The van der Waals surface area contributed by atoms with E-state index in [1.54, 1.807) is 29.2 Å². The summed E-state index contributed by atoms with van der Waals surface area (Å²) in [4.78, 5) is 38.8. The summed E-state index contributed by atoms with van der Waals surface area (Å²) in [7, 11) is 0. The monoisotopic (exact) mass is 403 g/mol. The van der Waals surface area contributed by atoms with Crippen LogP contribution in [0.4, 0.5) is 11.4 Å². The van der Waals surface area contributed by atoms with Crippen LogP contribution in [-0.4, -0.2) is 24.3 Å². The zero-order valence-electron chi connectivity index (χ0n) is 16.7. The van der Waals surface area contributed by atoms with E-state index in [2.05, 4.69) is 5.32 Å². The number of anilines is 2. The highest BCUT2D eigenvalue weighted by Gasteiger charge is 2.48. The highest BCUT2D eigenvalue weighted by atomic mass is 16.4. The number of hydrogen-bond donors (Lipinski definition) is 1. The van der Waals surface area contributed by atoms with Crippen LogP contribution in [0.1, 0.15) is 23.7 Å². The fourth-order valence-corrected chi connectivity index (χ4v) is 4.63. The average Bonchev–Trinajstić information content (AvgIpc) is 3.37. The first kappa shape index (κ1) is 19.9. The zero-order chi connectivity index (χ0) is 21.3. The SMILES string of the molecule is CCN(C(=O)c1ccc(NC(=O)[C@H]2[C@@H](C(=O)[O-])[C@H]3C=C[C@@H]2C3)cc1)c1ccccc1. The molecule has 6 nitrogen and oxygen atoms in total. The Morgan fingerprint density at radius 1 is 0.967 bits per heavy atom. The van der Waals surface area contributed by atoms with Gasteiger partial charge < -0.3 is 20.1 Å². The quantitative estimate of drug-likeness (QED) is 0.751. The number of carbonyl (C=O) groups excluding carboxylic acids is 3. The molecule has 30 heavy (non-hydrogen) atoms. The molecular weight excluding hydrogens is 380 g/mol. The number of carboxylic acid groups (broad SMARTS) is 1. The van der Waals surface area contributed by atoms with Gasteiger partial charge >= 0.3 is 0 Å². The molecule has 1 saturated carbocycles. The Morgan fingerprint density at radius 3 is 2.20 bits per heavy atom. The van der Waals surface area contributed by atoms with Crippen LogP contribution in [0.15, 0.2) is 66.7 Å². The van der Waals surface area contributed by atoms with Gasteiger partial charge in [0.05, 0.1) is 5.92 Å². The number of fused-ring (bicyclic) bond motifs is 2. The van der Waals surface area contributed by atoms with Gasteiger partial charge in [0.25, 0.3) is 5.91 Å². The molecule has 2 aliphatic rings. The highest BCUT2D eigenvalue weighted by Crippen LogP contribution is 2.48. The maximum absolute atomic E-state index is 12.9. The molecule has 0 aromatic heterocycles. The molecule has 1 N–H and O–H groups in total. The second-order valence-corrected chi connectivity index (χ2v) is 7.77. The number of para-hydroxylation sites is 1. The molecule has 6 heteroatoms. The van der Waals surface area contributed by atoms with Gasteiger partial charge in [-0.2, -0.15) is 0 Å². The topological polar surface area (TPSA) is 89.5 Å². The second-order valence-electron chi connectivity index (χ2n) is 7.77. The third-order valence-corrected chi connectivity index (χ3v) is 6.06. The van der Waals surface area contributed by atoms with Crippen molar-refractivity contribution in [2.24, 2.45) is 23.7 Å². The Bertz CT molecular complexity index is 984. The van der Waals surface area contributed by atoms with Crippen molar-refractivity contribution in [3.05, 3.63) is 72.3 Å². The fourth-order valence-electron chi connectivity index (χ4n) is 4.63. The fraction of sp³-hybridized carbons (Fsp3) is 0.292. The first-order chi connectivity index (χ1) is 14.5. The van der Waals surface area contributed by atoms with Crippen LogP contribution < -0.4 is 15.3 Å². The predicted octanol–water partition coefficient (Wildman–Crippen LogP) is 2.48. The Hall–Kier alpha value is -3.41. The summed E-state index contributed by atoms with van der Waals surface area (Å²) in [6, 6.07) is 16.1. The molecule has 2 aromatic rings. The lowest BCUT2D eigenvalue weighted by Crippen LogP contribution is -2.42. The minimum atomic E-state index is -1.17. The zero-order valence-corrected chi connectivity index (χ0v) is 16.7. The number of carboxylic acids is 1. The summed E-state index contributed by atoms with van der Waals surface area (Å²) in [5.41, 5.74) is 1.86. The van der Waals surface area contributed by atoms with Crippen molar-refractivity contribution in [2.45, 2.75) is 13.3 Å². The Kier molecular flexibility index (Phi) is 5.40. The third-order valence-electron chi connectivity index (χ3n) is 6.06. The lowest BCUT2D eigenvalue weighted by molar-refractivity contribution is -0.313. The van der Waals surface area contributed by atoms with E-state index in [4.69, 9.17) is 0 Å². The molecule has 2 aromatic carbocycles. The van der Waals surface area contributed by atoms with Crippen LogP contribution >= 0.6 is 0 Å². The minimum Gasteiger partial charge on any atom is -0.550 e. The molecule has 154 valence electrons. The molecule has 0 radical (unpaired) electrons. The van der Waals surface area contributed by atoms with Gasteiger partial charge in [-0.1, -0.05) is 30.4 Å². The number of benzene rings is 2. The van der Waals surface area contributed by atoms with E-state index in [1.165, 1.54) is 0 Å². The largest absolute Gasteiger partial charge is 0.550 e. The maximum atomic E-state index is 12.9. The van der Waals surface area contributed by atoms with Crippen LogP contribution in [0.2, 0.25) is 0 Å². The van der Waals surface area contributed by atoms with Gasteiger partial charge in [0, 0.05) is 35.4 Å². The summed E-state index contributed by atoms with van der Waals surface area (Å²) >= 11 is 0. The van der Waals surface area contributed by atoms with Gasteiger partial charge in [0.1, 0.15) is 0 Å². The standard InChI is InChI=1S/C24H24N2O4/c1-2-26(19-6-4-3-5-7-19)23(28)15-10-12-18(13-11-15)25-22(27)20-16-8-9-17(14-16)21(20)24(29)30/h3-13,16-17,20-21H,2,14H2,1H3,(H,25,27)(H,29,30)/p-1/t16-,17+,20-,21+/m1/s1. The van der Waals surface area contributed by atoms with Crippen molar-refractivity contribution in [3.63, 3.8) is 0 Å². The summed E-state index contributed by atoms with van der Waals surface area (Å²) in [6.45, 7) is 2.45. The number of allylic oxidation sites excluding steroid dienone is 2. The van der Waals surface area contributed by atoms with Crippen LogP contribution in [0, 0.1) is 23.7 Å². The van der Waals surface area contributed by atoms with Crippen LogP contribution in [0.25, 0.3) is 0 Å². The van der Waals surface area contributed by atoms with Crippen LogP contribution in [0.3, 0.4) is 0 Å². The normalized spacial score (nSPS) is 23.9. The van der Waals surface area contributed by atoms with E-state index in [1.807, 2.05) is 49.4 Å². The van der Waals surface area contributed by atoms with E-state index >= 15 is 0 Å². The van der Waals surface area contributed by atoms with E-state index in [0.717, 1.165) is 5.69 Å². The van der Waals surface area contributed by atoms with Gasteiger partial charge in [-0.15, -0.1) is 0 Å². The molecule has 2 bridgehead atoms. The molecule has 2 amide bonds. The number of aliphatic carboxylic acids is 1. The molecule has 0 heterocycles. The van der Waals surface area contributed by atoms with E-state index in [9.17, 15) is 19.5 Å². The number of nitrogens with zero attached hydrogens (tertiary/aromatic N) is 1. The number of amides is 2. The second kappa shape index (κ2) is 8.14. The summed E-state index contributed by atoms with van der Waals surface area (Å²) in [5, 5.41) is 14.3. The smallest absolute Gasteiger partial charge is 0.258 e. The molecule has 1 fully saturated rings. The number of nitrogens with one attached hydrogen (secondary N) is 1. The molecule has 0 saturated heterocycles. The Labute approximate surface area is 175 Å². The van der Waals surface area contributed by atoms with Gasteiger partial charge in [0.2, 0.25) is 5.91 Å². The first-order valence-electron chi connectivity index (χ1n) is 10.2. The molecule has 4 rings (SSSR count). The van der Waals surface area contributed by atoms with Gasteiger partial charge in [-0.05, 0) is 61.6 Å². The summed E-state index contributed by atoms with van der Waals surface area (Å²) in [5.74, 6) is -3.23. The summed E-state index contributed by atoms with van der Waals surface area (Å²) in [6.07, 6.45) is 4.48. The first-order valence-corrected chi connectivity index (χ1v) is 10.2. The van der Waals surface area contributed by atoms with Crippen molar-refractivity contribution in [2.75, 3.05) is 16.8 Å². The van der Waals surface area contributed by atoms with Crippen molar-refractivity contribution in [1.29, 1.82) is 0 Å². The number of carbonyl (C=O) groups is 3. The lowest BCUT2D eigenvalue weighted by atomic mass is 9.82. The predicted molar refractivity (Wildman–Crippen MR) is 112 cm³/mol. The van der Waals surface area contributed by atoms with E-state index < -0.39 is 17.8 Å². The van der Waals surface area contributed by atoms with Gasteiger partial charge in [-0.25, -0.2) is 0 Å². The minimum absolute atomic E-state index is 0.0669. The Balaban J connectivity index is 1.46. The molecule has 0 unspecified atom stereocenters. The van der Waals surface area contributed by atoms with Crippen LogP contribution in [-0.2, 0) is 9.59 Å². The van der Waals surface area contributed by atoms with Gasteiger partial charge in [0.15, 0.2) is 0 Å².